The quantitative estimate of drug-likeness (QED) is 0.733. The number of nitrogens with two attached hydrogens (primary N) is 1. The van der Waals surface area contributed by atoms with Gasteiger partial charge in [-0.3, -0.25) is 9.59 Å². The summed E-state index contributed by atoms with van der Waals surface area (Å²) in [4.78, 5) is 22.1. The number of halogens is 3. The normalized spacial score (nSPS) is 11.0. The first-order chi connectivity index (χ1) is 9.32. The van der Waals surface area contributed by atoms with E-state index in [0.717, 1.165) is 12.1 Å². The topological polar surface area (TPSA) is 84.2 Å². The first kappa shape index (κ1) is 16.0. The summed E-state index contributed by atoms with van der Waals surface area (Å²) in [6.07, 6.45) is -4.38. The van der Waals surface area contributed by atoms with Gasteiger partial charge < -0.3 is 16.4 Å². The summed E-state index contributed by atoms with van der Waals surface area (Å²) < 4.78 is 37.0. The number of benzene rings is 1. The highest BCUT2D eigenvalue weighted by Gasteiger charge is 2.29. The smallest absolute Gasteiger partial charge is 0.350 e. The van der Waals surface area contributed by atoms with Crippen LogP contribution in [0.3, 0.4) is 0 Å². The third-order valence-electron chi connectivity index (χ3n) is 2.40. The van der Waals surface area contributed by atoms with Gasteiger partial charge >= 0.3 is 6.18 Å². The molecule has 0 spiro atoms. The fourth-order valence-corrected chi connectivity index (χ4v) is 1.33. The van der Waals surface area contributed by atoms with Gasteiger partial charge in [-0.1, -0.05) is 12.1 Å². The average Bonchev–Trinajstić information content (AvgIpc) is 2.41. The molecule has 2 amide bonds. The Morgan fingerprint density at radius 3 is 2.15 bits per heavy atom. The zero-order chi connectivity index (χ0) is 15.2. The molecular formula is C12H14F3N3O2. The van der Waals surface area contributed by atoms with Gasteiger partial charge in [-0.2, -0.15) is 13.2 Å². The van der Waals surface area contributed by atoms with Crippen LogP contribution in [-0.2, 0) is 22.3 Å². The number of carbonyl (C=O) groups is 2. The van der Waals surface area contributed by atoms with Gasteiger partial charge in [0.2, 0.25) is 11.8 Å². The van der Waals surface area contributed by atoms with E-state index >= 15 is 0 Å². The number of nitrogens with one attached hydrogen (secondary N) is 2. The number of carbonyl (C=O) groups excluding carboxylic acids is 2. The van der Waals surface area contributed by atoms with E-state index in [0.29, 0.717) is 5.56 Å². The van der Waals surface area contributed by atoms with E-state index in [1.807, 2.05) is 0 Å². The lowest BCUT2D eigenvalue weighted by molar-refractivity contribution is -0.137. The maximum atomic E-state index is 12.3. The summed E-state index contributed by atoms with van der Waals surface area (Å²) in [6, 6.07) is 4.44. The summed E-state index contributed by atoms with van der Waals surface area (Å²) in [7, 11) is 0. The van der Waals surface area contributed by atoms with Crippen molar-refractivity contribution in [2.24, 2.45) is 5.73 Å². The standard InChI is InChI=1S/C12H14F3N3O2/c13-12(14,15)9-3-1-8(2-4-9)6-17-11(20)7-18-10(19)5-16/h1-4H,5-7,16H2,(H,17,20)(H,18,19). The van der Waals surface area contributed by atoms with Crippen LogP contribution in [0.1, 0.15) is 11.1 Å². The molecule has 1 aromatic carbocycles. The Kier molecular flexibility index (Phi) is 5.51. The molecule has 0 fully saturated rings. The predicted octanol–water partition coefficient (Wildman–Crippen LogP) is 0.396. The maximum absolute atomic E-state index is 12.3. The molecule has 1 rings (SSSR count). The fraction of sp³-hybridized carbons (Fsp3) is 0.333. The van der Waals surface area contributed by atoms with Gasteiger partial charge in [0.15, 0.2) is 0 Å². The van der Waals surface area contributed by atoms with Gasteiger partial charge in [-0.15, -0.1) is 0 Å². The van der Waals surface area contributed by atoms with Gasteiger partial charge in [0.1, 0.15) is 0 Å². The van der Waals surface area contributed by atoms with E-state index < -0.39 is 23.6 Å². The van der Waals surface area contributed by atoms with Crippen molar-refractivity contribution in [2.75, 3.05) is 13.1 Å². The molecule has 0 heterocycles. The molecule has 0 radical (unpaired) electrons. The SMILES string of the molecule is NCC(=O)NCC(=O)NCc1ccc(C(F)(F)F)cc1. The lowest BCUT2D eigenvalue weighted by Gasteiger charge is -2.09. The van der Waals surface area contributed by atoms with Gasteiger partial charge in [-0.05, 0) is 17.7 Å². The molecule has 4 N–H and O–H groups in total. The van der Waals surface area contributed by atoms with Gasteiger partial charge in [0.25, 0.3) is 0 Å². The summed E-state index contributed by atoms with van der Waals surface area (Å²) >= 11 is 0. The summed E-state index contributed by atoms with van der Waals surface area (Å²) in [6.45, 7) is -0.363. The minimum Gasteiger partial charge on any atom is -0.350 e. The van der Waals surface area contributed by atoms with Crippen LogP contribution in [0.4, 0.5) is 13.2 Å². The molecular weight excluding hydrogens is 275 g/mol. The van der Waals surface area contributed by atoms with Crippen LogP contribution >= 0.6 is 0 Å². The second-order valence-corrected chi connectivity index (χ2v) is 3.95. The molecule has 0 saturated heterocycles. The van der Waals surface area contributed by atoms with Crippen molar-refractivity contribution < 1.29 is 22.8 Å². The molecule has 0 aromatic heterocycles. The lowest BCUT2D eigenvalue weighted by atomic mass is 10.1. The lowest BCUT2D eigenvalue weighted by Crippen LogP contribution is -2.39. The molecule has 0 saturated carbocycles. The molecule has 8 heteroatoms. The number of hydrogen-bond donors (Lipinski definition) is 3. The Labute approximate surface area is 113 Å². The monoisotopic (exact) mass is 289 g/mol. The van der Waals surface area contributed by atoms with E-state index in [4.69, 9.17) is 5.73 Å². The molecule has 0 aliphatic carbocycles. The number of alkyl halides is 3. The van der Waals surface area contributed by atoms with Gasteiger partial charge in [-0.25, -0.2) is 0 Å². The number of amides is 2. The summed E-state index contributed by atoms with van der Waals surface area (Å²) in [5.41, 5.74) is 4.81. The predicted molar refractivity (Wildman–Crippen MR) is 65.4 cm³/mol. The van der Waals surface area contributed by atoms with Crippen LogP contribution < -0.4 is 16.4 Å². The minimum atomic E-state index is -4.38. The third kappa shape index (κ3) is 5.27. The van der Waals surface area contributed by atoms with E-state index in [2.05, 4.69) is 10.6 Å². The molecule has 0 bridgehead atoms. The van der Waals surface area contributed by atoms with Crippen LogP contribution in [0.25, 0.3) is 0 Å². The van der Waals surface area contributed by atoms with E-state index in [-0.39, 0.29) is 19.6 Å². The van der Waals surface area contributed by atoms with Crippen molar-refractivity contribution in [3.05, 3.63) is 35.4 Å². The largest absolute Gasteiger partial charge is 0.416 e. The van der Waals surface area contributed by atoms with Crippen molar-refractivity contribution in [1.29, 1.82) is 0 Å². The van der Waals surface area contributed by atoms with Crippen LogP contribution in [0.15, 0.2) is 24.3 Å². The molecule has 0 aliphatic rings. The van der Waals surface area contributed by atoms with Crippen LogP contribution in [0, 0.1) is 0 Å². The molecule has 5 nitrogen and oxygen atoms in total. The van der Waals surface area contributed by atoms with Crippen molar-refractivity contribution in [3.8, 4) is 0 Å². The second-order valence-electron chi connectivity index (χ2n) is 3.95. The maximum Gasteiger partial charge on any atom is 0.416 e. The Bertz CT molecular complexity index is 472. The zero-order valence-electron chi connectivity index (χ0n) is 10.5. The molecule has 0 atom stereocenters. The summed E-state index contributed by atoms with van der Waals surface area (Å²) in [5, 5.41) is 4.73. The first-order valence-electron chi connectivity index (χ1n) is 5.72. The highest BCUT2D eigenvalue weighted by atomic mass is 19.4. The molecule has 1 aromatic rings. The van der Waals surface area contributed by atoms with Crippen molar-refractivity contribution >= 4 is 11.8 Å². The van der Waals surface area contributed by atoms with Gasteiger partial charge in [0, 0.05) is 6.54 Å². The van der Waals surface area contributed by atoms with Crippen LogP contribution in [0.5, 0.6) is 0 Å². The molecule has 0 unspecified atom stereocenters. The third-order valence-corrected chi connectivity index (χ3v) is 2.40. The van der Waals surface area contributed by atoms with Crippen LogP contribution in [0.2, 0.25) is 0 Å². The Balaban J connectivity index is 2.42. The molecule has 20 heavy (non-hydrogen) atoms. The fourth-order valence-electron chi connectivity index (χ4n) is 1.33. The highest BCUT2D eigenvalue weighted by Crippen LogP contribution is 2.28. The van der Waals surface area contributed by atoms with Crippen LogP contribution in [-0.4, -0.2) is 24.9 Å². The van der Waals surface area contributed by atoms with Crippen molar-refractivity contribution in [3.63, 3.8) is 0 Å². The minimum absolute atomic E-state index is 0.0788. The Hall–Kier alpha value is -2.09. The zero-order valence-corrected chi connectivity index (χ0v) is 10.5. The van der Waals surface area contributed by atoms with Gasteiger partial charge in [0.05, 0.1) is 18.7 Å². The van der Waals surface area contributed by atoms with E-state index in [9.17, 15) is 22.8 Å². The number of hydrogen-bond acceptors (Lipinski definition) is 3. The number of rotatable bonds is 5. The average molecular weight is 289 g/mol. The van der Waals surface area contributed by atoms with Crippen molar-refractivity contribution in [1.82, 2.24) is 10.6 Å². The van der Waals surface area contributed by atoms with E-state index in [1.54, 1.807) is 0 Å². The highest BCUT2D eigenvalue weighted by molar-refractivity contribution is 5.85. The second kappa shape index (κ2) is 6.90. The summed E-state index contributed by atoms with van der Waals surface area (Å²) in [5.74, 6) is -0.915. The Morgan fingerprint density at radius 2 is 1.65 bits per heavy atom. The first-order valence-corrected chi connectivity index (χ1v) is 5.72. The van der Waals surface area contributed by atoms with E-state index in [1.165, 1.54) is 12.1 Å². The molecule has 110 valence electrons. The van der Waals surface area contributed by atoms with Crippen molar-refractivity contribution in [2.45, 2.75) is 12.7 Å². The Morgan fingerprint density at radius 1 is 1.05 bits per heavy atom. The molecule has 0 aliphatic heterocycles.